The van der Waals surface area contributed by atoms with Crippen LogP contribution in [0.25, 0.3) is 11.3 Å². The van der Waals surface area contributed by atoms with Gasteiger partial charge in [0.1, 0.15) is 11.6 Å². The molecule has 0 N–H and O–H groups in total. The van der Waals surface area contributed by atoms with E-state index in [1.54, 1.807) is 25.1 Å². The Morgan fingerprint density at radius 2 is 1.80 bits per heavy atom. The van der Waals surface area contributed by atoms with Gasteiger partial charge in [-0.15, -0.1) is 0 Å². The van der Waals surface area contributed by atoms with Crippen LogP contribution in [0.4, 0.5) is 4.39 Å². The van der Waals surface area contributed by atoms with Crippen LogP contribution in [-0.4, -0.2) is 49.1 Å². The number of aryl methyl sites for hydroxylation is 1. The first-order valence-corrected chi connectivity index (χ1v) is 14.0. The highest BCUT2D eigenvalue weighted by atomic mass is 19.1. The normalized spacial score (nSPS) is 22.5. The number of hydrogen-bond acceptors (Lipinski definition) is 6. The first-order chi connectivity index (χ1) is 19.4. The molecule has 4 aliphatic rings. The standard InChI is InChI=1S/C30H30FN5O4/c1-17-25(31)9-10-26(32-17)24-15-34(33-29(24)19-5-6-19)21-11-18(12-21)16-40-22-7-8-23-20(13-22)14-35(30(23)39)36-27(37)3-2-4-28(36)38/h7-10,13,15,18-19,21H,2-6,11-12,14,16H2,1H3/t18-,21-. The number of piperidine rings is 1. The number of hydrogen-bond donors (Lipinski definition) is 0. The van der Waals surface area contributed by atoms with Crippen molar-refractivity contribution in [2.45, 2.75) is 70.4 Å². The van der Waals surface area contributed by atoms with Crippen LogP contribution in [0.1, 0.15) is 84.2 Å². The van der Waals surface area contributed by atoms with E-state index in [2.05, 4.69) is 15.9 Å². The predicted octanol–water partition coefficient (Wildman–Crippen LogP) is 4.71. The molecule has 3 fully saturated rings. The molecule has 9 nitrogen and oxygen atoms in total. The van der Waals surface area contributed by atoms with E-state index in [9.17, 15) is 18.8 Å². The van der Waals surface area contributed by atoms with Crippen LogP contribution in [0.3, 0.4) is 0 Å². The molecule has 2 saturated carbocycles. The number of halogens is 1. The summed E-state index contributed by atoms with van der Waals surface area (Å²) in [7, 11) is 0. The molecule has 0 spiro atoms. The van der Waals surface area contributed by atoms with Crippen molar-refractivity contribution in [3.8, 4) is 17.0 Å². The lowest BCUT2D eigenvalue weighted by Crippen LogP contribution is -2.51. The van der Waals surface area contributed by atoms with Gasteiger partial charge in [0.25, 0.3) is 5.91 Å². The van der Waals surface area contributed by atoms with Crippen molar-refractivity contribution >= 4 is 17.7 Å². The molecule has 0 bridgehead atoms. The van der Waals surface area contributed by atoms with Crippen molar-refractivity contribution < 1.29 is 23.5 Å². The Bertz CT molecular complexity index is 1520. The number of ether oxygens (including phenoxy) is 1. The quantitative estimate of drug-likeness (QED) is 0.401. The molecule has 1 saturated heterocycles. The number of carbonyl (C=O) groups excluding carboxylic acids is 3. The minimum Gasteiger partial charge on any atom is -0.493 e. The molecular weight excluding hydrogens is 513 g/mol. The van der Waals surface area contributed by atoms with E-state index in [1.165, 1.54) is 11.1 Å². The van der Waals surface area contributed by atoms with Gasteiger partial charge in [0.05, 0.1) is 36.3 Å². The van der Waals surface area contributed by atoms with Crippen LogP contribution in [-0.2, 0) is 16.1 Å². The van der Waals surface area contributed by atoms with E-state index in [0.29, 0.717) is 41.9 Å². The highest BCUT2D eigenvalue weighted by Crippen LogP contribution is 2.45. The summed E-state index contributed by atoms with van der Waals surface area (Å²) in [4.78, 5) is 42.0. The van der Waals surface area contributed by atoms with Crippen molar-refractivity contribution in [2.75, 3.05) is 6.61 Å². The summed E-state index contributed by atoms with van der Waals surface area (Å²) in [5.74, 6) is 0.215. The second-order valence-corrected chi connectivity index (χ2v) is 11.4. The van der Waals surface area contributed by atoms with Crippen molar-refractivity contribution in [3.63, 3.8) is 0 Å². The lowest BCUT2D eigenvalue weighted by molar-refractivity contribution is -0.163. The van der Waals surface area contributed by atoms with Gasteiger partial charge < -0.3 is 4.74 Å². The monoisotopic (exact) mass is 543 g/mol. The van der Waals surface area contributed by atoms with Gasteiger partial charge in [0, 0.05) is 36.1 Å². The van der Waals surface area contributed by atoms with Gasteiger partial charge in [0.15, 0.2) is 0 Å². The third-order valence-corrected chi connectivity index (χ3v) is 8.45. The number of rotatable bonds is 7. The molecular formula is C30H30FN5O4. The Kier molecular flexibility index (Phi) is 5.94. The molecule has 2 aliphatic carbocycles. The smallest absolute Gasteiger partial charge is 0.273 e. The van der Waals surface area contributed by atoms with E-state index in [1.807, 2.05) is 6.07 Å². The zero-order chi connectivity index (χ0) is 27.5. The van der Waals surface area contributed by atoms with Gasteiger partial charge in [-0.05, 0) is 80.8 Å². The van der Waals surface area contributed by atoms with Crippen molar-refractivity contribution in [1.82, 2.24) is 24.8 Å². The number of aromatic nitrogens is 3. The van der Waals surface area contributed by atoms with Crippen LogP contribution >= 0.6 is 0 Å². The highest BCUT2D eigenvalue weighted by Gasteiger charge is 2.40. The maximum absolute atomic E-state index is 13.8. The third kappa shape index (κ3) is 4.35. The van der Waals surface area contributed by atoms with Crippen LogP contribution in [0.5, 0.6) is 5.75 Å². The molecule has 10 heteroatoms. The van der Waals surface area contributed by atoms with Crippen LogP contribution in [0.2, 0.25) is 0 Å². The third-order valence-electron chi connectivity index (χ3n) is 8.45. The van der Waals surface area contributed by atoms with Crippen LogP contribution < -0.4 is 4.74 Å². The molecule has 0 atom stereocenters. The molecule has 40 heavy (non-hydrogen) atoms. The Morgan fingerprint density at radius 3 is 2.52 bits per heavy atom. The number of hydrazine groups is 1. The van der Waals surface area contributed by atoms with E-state index in [-0.39, 0.29) is 49.0 Å². The average Bonchev–Trinajstić information content (AvgIpc) is 3.59. The topological polar surface area (TPSA) is 97.6 Å². The lowest BCUT2D eigenvalue weighted by Gasteiger charge is -2.35. The first-order valence-electron chi connectivity index (χ1n) is 14.0. The Labute approximate surface area is 230 Å². The largest absolute Gasteiger partial charge is 0.493 e. The van der Waals surface area contributed by atoms with Crippen molar-refractivity contribution in [2.24, 2.45) is 5.92 Å². The number of nitrogens with zero attached hydrogens (tertiary/aromatic N) is 5. The molecule has 2 aromatic heterocycles. The Balaban J connectivity index is 0.981. The summed E-state index contributed by atoms with van der Waals surface area (Å²) in [6.07, 6.45) is 7.27. The molecule has 3 amide bonds. The second kappa shape index (κ2) is 9.53. The lowest BCUT2D eigenvalue weighted by atomic mass is 9.81. The average molecular weight is 544 g/mol. The summed E-state index contributed by atoms with van der Waals surface area (Å²) < 4.78 is 21.9. The fraction of sp³-hybridized carbons (Fsp3) is 0.433. The van der Waals surface area contributed by atoms with Gasteiger partial charge in [-0.2, -0.15) is 10.1 Å². The van der Waals surface area contributed by atoms with E-state index in [0.717, 1.165) is 53.2 Å². The summed E-state index contributed by atoms with van der Waals surface area (Å²) >= 11 is 0. The van der Waals surface area contributed by atoms with Crippen molar-refractivity contribution in [3.05, 3.63) is 64.9 Å². The molecule has 206 valence electrons. The summed E-state index contributed by atoms with van der Waals surface area (Å²) in [6.45, 7) is 2.42. The number of carbonyl (C=O) groups is 3. The maximum Gasteiger partial charge on any atom is 0.273 e. The molecule has 0 radical (unpaired) electrons. The van der Waals surface area contributed by atoms with E-state index in [4.69, 9.17) is 9.84 Å². The number of pyridine rings is 1. The van der Waals surface area contributed by atoms with Gasteiger partial charge in [-0.1, -0.05) is 0 Å². The predicted molar refractivity (Wildman–Crippen MR) is 141 cm³/mol. The number of benzene rings is 1. The number of amides is 3. The van der Waals surface area contributed by atoms with E-state index >= 15 is 0 Å². The maximum atomic E-state index is 13.8. The highest BCUT2D eigenvalue weighted by molar-refractivity contribution is 6.04. The summed E-state index contributed by atoms with van der Waals surface area (Å²) in [5, 5.41) is 7.20. The van der Waals surface area contributed by atoms with Gasteiger partial charge in [-0.25, -0.2) is 14.4 Å². The van der Waals surface area contributed by atoms with E-state index < -0.39 is 0 Å². The Morgan fingerprint density at radius 1 is 1.02 bits per heavy atom. The molecule has 1 aromatic carbocycles. The fourth-order valence-corrected chi connectivity index (χ4v) is 5.95. The van der Waals surface area contributed by atoms with Crippen LogP contribution in [0.15, 0.2) is 36.5 Å². The molecule has 0 unspecified atom stereocenters. The number of fused-ring (bicyclic) bond motifs is 1. The first kappa shape index (κ1) is 24.9. The molecule has 2 aliphatic heterocycles. The SMILES string of the molecule is Cc1nc(-c2cn([C@H]3C[C@H](COc4ccc5c(c4)CN(N4C(=O)CCCC4=O)C5=O)C3)nc2C2CC2)ccc1F. The van der Waals surface area contributed by atoms with Gasteiger partial charge >= 0.3 is 0 Å². The Hall–Kier alpha value is -4.08. The molecule has 3 aromatic rings. The summed E-state index contributed by atoms with van der Waals surface area (Å²) in [5.41, 5.74) is 4.47. The van der Waals surface area contributed by atoms with Crippen molar-refractivity contribution in [1.29, 1.82) is 0 Å². The molecule has 4 heterocycles. The minimum atomic E-state index is -0.331. The molecule has 7 rings (SSSR count). The van der Waals surface area contributed by atoms with Crippen LogP contribution in [0, 0.1) is 18.7 Å². The zero-order valence-corrected chi connectivity index (χ0v) is 22.3. The zero-order valence-electron chi connectivity index (χ0n) is 22.3. The number of imide groups is 1. The van der Waals surface area contributed by atoms with Gasteiger partial charge in [-0.3, -0.25) is 19.1 Å². The second-order valence-electron chi connectivity index (χ2n) is 11.4. The van der Waals surface area contributed by atoms with Gasteiger partial charge in [0.2, 0.25) is 11.8 Å². The fourth-order valence-electron chi connectivity index (χ4n) is 5.95. The minimum absolute atomic E-state index is 0.182. The summed E-state index contributed by atoms with van der Waals surface area (Å²) in [6, 6.07) is 8.81.